The molecule has 0 aliphatic carbocycles. The van der Waals surface area contributed by atoms with Gasteiger partial charge in [0.15, 0.2) is 0 Å². The van der Waals surface area contributed by atoms with Gasteiger partial charge in [-0.05, 0) is 39.1 Å². The van der Waals surface area contributed by atoms with Gasteiger partial charge in [0.2, 0.25) is 0 Å². The lowest BCUT2D eigenvalue weighted by Gasteiger charge is -2.33. The lowest BCUT2D eigenvalue weighted by atomic mass is 9.76. The Kier molecular flexibility index (Phi) is 6.60. The summed E-state index contributed by atoms with van der Waals surface area (Å²) in [6.45, 7) is 8.09. The zero-order valence-electron chi connectivity index (χ0n) is 11.1. The van der Waals surface area contributed by atoms with Crippen molar-refractivity contribution in [2.24, 2.45) is 11.1 Å². The van der Waals surface area contributed by atoms with E-state index in [4.69, 9.17) is 5.73 Å². The van der Waals surface area contributed by atoms with Crippen LogP contribution in [-0.2, 0) is 0 Å². The zero-order valence-corrected chi connectivity index (χ0v) is 11.1. The molecule has 0 aromatic carbocycles. The van der Waals surface area contributed by atoms with Crippen LogP contribution in [0.2, 0.25) is 0 Å². The molecule has 0 heterocycles. The van der Waals surface area contributed by atoms with Crippen LogP contribution in [0.1, 0.15) is 34.1 Å². The minimum Gasteiger partial charge on any atom is -0.376 e. The van der Waals surface area contributed by atoms with E-state index in [2.05, 4.69) is 10.6 Å². The van der Waals surface area contributed by atoms with Crippen molar-refractivity contribution in [1.29, 1.82) is 0 Å². The van der Waals surface area contributed by atoms with Gasteiger partial charge < -0.3 is 16.4 Å². The Labute approximate surface area is 98.7 Å². The standard InChI is InChI=1S/C12H26FN3/c1-6-12(4,9(2)13)11(7-15-5)8-16-10(3)14/h8-10,15-16H,6-7,14H2,1-5H3. The highest BCUT2D eigenvalue weighted by Gasteiger charge is 2.33. The Morgan fingerprint density at radius 2 is 2.06 bits per heavy atom. The van der Waals surface area contributed by atoms with Crippen molar-refractivity contribution in [3.63, 3.8) is 0 Å². The number of likely N-dealkylation sites (N-methyl/N-ethyl adjacent to an activating group) is 1. The number of rotatable bonds is 7. The van der Waals surface area contributed by atoms with Gasteiger partial charge in [0.1, 0.15) is 6.17 Å². The number of nitrogens with two attached hydrogens (primary N) is 1. The summed E-state index contributed by atoms with van der Waals surface area (Å²) >= 11 is 0. The molecule has 0 fully saturated rings. The number of nitrogens with one attached hydrogen (secondary N) is 2. The van der Waals surface area contributed by atoms with E-state index in [0.29, 0.717) is 6.54 Å². The van der Waals surface area contributed by atoms with Gasteiger partial charge in [0.25, 0.3) is 0 Å². The monoisotopic (exact) mass is 231 g/mol. The van der Waals surface area contributed by atoms with Crippen molar-refractivity contribution in [3.8, 4) is 0 Å². The average Bonchev–Trinajstić information content (AvgIpc) is 2.22. The van der Waals surface area contributed by atoms with Crippen molar-refractivity contribution in [1.82, 2.24) is 10.6 Å². The second-order valence-electron chi connectivity index (χ2n) is 4.54. The van der Waals surface area contributed by atoms with Gasteiger partial charge in [0.05, 0.1) is 6.17 Å². The molecule has 0 saturated carbocycles. The highest BCUT2D eigenvalue weighted by atomic mass is 19.1. The van der Waals surface area contributed by atoms with E-state index in [9.17, 15) is 4.39 Å². The van der Waals surface area contributed by atoms with Crippen molar-refractivity contribution < 1.29 is 4.39 Å². The van der Waals surface area contributed by atoms with E-state index < -0.39 is 11.6 Å². The Balaban J connectivity index is 4.92. The van der Waals surface area contributed by atoms with E-state index in [1.807, 2.05) is 34.0 Å². The predicted octanol–water partition coefficient (Wildman–Crippen LogP) is 1.76. The highest BCUT2D eigenvalue weighted by molar-refractivity contribution is 5.16. The summed E-state index contributed by atoms with van der Waals surface area (Å²) < 4.78 is 13.7. The predicted molar refractivity (Wildman–Crippen MR) is 67.8 cm³/mol. The van der Waals surface area contributed by atoms with E-state index in [-0.39, 0.29) is 6.17 Å². The van der Waals surface area contributed by atoms with Crippen molar-refractivity contribution >= 4 is 0 Å². The largest absolute Gasteiger partial charge is 0.376 e. The Morgan fingerprint density at radius 1 is 1.50 bits per heavy atom. The molecule has 0 amide bonds. The molecule has 3 atom stereocenters. The molecular weight excluding hydrogens is 205 g/mol. The molecule has 16 heavy (non-hydrogen) atoms. The summed E-state index contributed by atoms with van der Waals surface area (Å²) in [7, 11) is 1.86. The lowest BCUT2D eigenvalue weighted by molar-refractivity contribution is 0.169. The molecule has 0 aliphatic rings. The molecule has 0 rings (SSSR count). The molecule has 0 bridgehead atoms. The molecule has 3 unspecified atom stereocenters. The third-order valence-electron chi connectivity index (χ3n) is 3.23. The fourth-order valence-corrected chi connectivity index (χ4v) is 1.60. The summed E-state index contributed by atoms with van der Waals surface area (Å²) in [5.74, 6) is 0. The van der Waals surface area contributed by atoms with Crippen LogP contribution in [0.4, 0.5) is 4.39 Å². The Hall–Kier alpha value is -0.610. The fraction of sp³-hybridized carbons (Fsp3) is 0.833. The van der Waals surface area contributed by atoms with Crippen LogP contribution >= 0.6 is 0 Å². The Bertz CT molecular complexity index is 226. The van der Waals surface area contributed by atoms with Crippen LogP contribution in [-0.4, -0.2) is 25.9 Å². The summed E-state index contributed by atoms with van der Waals surface area (Å²) in [4.78, 5) is 0. The first-order valence-electron chi connectivity index (χ1n) is 5.88. The summed E-state index contributed by atoms with van der Waals surface area (Å²) in [5, 5.41) is 6.10. The molecule has 0 radical (unpaired) electrons. The van der Waals surface area contributed by atoms with Crippen molar-refractivity contribution in [2.75, 3.05) is 13.6 Å². The molecule has 0 saturated heterocycles. The van der Waals surface area contributed by atoms with Crippen LogP contribution < -0.4 is 16.4 Å². The zero-order chi connectivity index (χ0) is 12.8. The minimum absolute atomic E-state index is 0.122. The third-order valence-corrected chi connectivity index (χ3v) is 3.23. The fourth-order valence-electron chi connectivity index (χ4n) is 1.60. The number of alkyl halides is 1. The van der Waals surface area contributed by atoms with Gasteiger partial charge in [0, 0.05) is 12.0 Å². The van der Waals surface area contributed by atoms with E-state index in [1.54, 1.807) is 6.92 Å². The quantitative estimate of drug-likeness (QED) is 0.585. The summed E-state index contributed by atoms with van der Waals surface area (Å²) in [6.07, 6.45) is 1.61. The molecule has 0 aliphatic heterocycles. The van der Waals surface area contributed by atoms with Gasteiger partial charge in [-0.1, -0.05) is 13.8 Å². The first kappa shape index (κ1) is 15.4. The molecule has 0 aromatic heterocycles. The summed E-state index contributed by atoms with van der Waals surface area (Å²) in [5.41, 5.74) is 6.21. The molecule has 0 aromatic rings. The van der Waals surface area contributed by atoms with Crippen LogP contribution in [0, 0.1) is 5.41 Å². The average molecular weight is 231 g/mol. The van der Waals surface area contributed by atoms with Gasteiger partial charge in [-0.3, -0.25) is 0 Å². The van der Waals surface area contributed by atoms with E-state index in [0.717, 1.165) is 12.0 Å². The number of hydrogen-bond donors (Lipinski definition) is 3. The molecule has 3 nitrogen and oxygen atoms in total. The van der Waals surface area contributed by atoms with Crippen LogP contribution in [0.15, 0.2) is 11.8 Å². The van der Waals surface area contributed by atoms with Crippen LogP contribution in [0.25, 0.3) is 0 Å². The third kappa shape index (κ3) is 4.10. The minimum atomic E-state index is -0.882. The van der Waals surface area contributed by atoms with Gasteiger partial charge in [-0.25, -0.2) is 4.39 Å². The Morgan fingerprint density at radius 3 is 2.38 bits per heavy atom. The van der Waals surface area contributed by atoms with E-state index >= 15 is 0 Å². The molecule has 4 heteroatoms. The lowest BCUT2D eigenvalue weighted by Crippen LogP contribution is -2.36. The topological polar surface area (TPSA) is 50.1 Å². The van der Waals surface area contributed by atoms with Crippen LogP contribution in [0.3, 0.4) is 0 Å². The SMILES string of the molecule is CCC(C)(C(=CNC(C)N)CNC)C(C)F. The maximum absolute atomic E-state index is 13.7. The molecule has 4 N–H and O–H groups in total. The second-order valence-corrected chi connectivity index (χ2v) is 4.54. The first-order chi connectivity index (χ1) is 7.38. The smallest absolute Gasteiger partial charge is 0.106 e. The maximum atomic E-state index is 13.7. The number of halogens is 1. The van der Waals surface area contributed by atoms with Crippen molar-refractivity contribution in [2.45, 2.75) is 46.5 Å². The van der Waals surface area contributed by atoms with Gasteiger partial charge >= 0.3 is 0 Å². The molecule has 96 valence electrons. The van der Waals surface area contributed by atoms with Gasteiger partial charge in [-0.2, -0.15) is 0 Å². The van der Waals surface area contributed by atoms with Crippen molar-refractivity contribution in [3.05, 3.63) is 11.8 Å². The van der Waals surface area contributed by atoms with Crippen LogP contribution in [0.5, 0.6) is 0 Å². The highest BCUT2D eigenvalue weighted by Crippen LogP contribution is 2.35. The second kappa shape index (κ2) is 6.86. The molecule has 0 spiro atoms. The maximum Gasteiger partial charge on any atom is 0.106 e. The van der Waals surface area contributed by atoms with Gasteiger partial charge in [-0.15, -0.1) is 0 Å². The summed E-state index contributed by atoms with van der Waals surface area (Å²) in [6, 6.07) is 0. The normalized spacial score (nSPS) is 20.1. The van der Waals surface area contributed by atoms with E-state index in [1.165, 1.54) is 0 Å². The molecular formula is C12H26FN3. The first-order valence-corrected chi connectivity index (χ1v) is 5.88. The number of hydrogen-bond acceptors (Lipinski definition) is 3.